The number of likely N-dealkylation sites (N-methyl/N-ethyl adjacent to an activating group) is 1. The summed E-state index contributed by atoms with van der Waals surface area (Å²) in [5, 5.41) is 2.90. The first-order chi connectivity index (χ1) is 17.4. The van der Waals surface area contributed by atoms with Gasteiger partial charge in [-0.05, 0) is 42.7 Å². The molecule has 0 saturated carbocycles. The lowest BCUT2D eigenvalue weighted by Gasteiger charge is -2.46. The summed E-state index contributed by atoms with van der Waals surface area (Å²) >= 11 is 0. The average Bonchev–Trinajstić information content (AvgIpc) is 2.90. The predicted octanol–water partition coefficient (Wildman–Crippen LogP) is 2.13. The summed E-state index contributed by atoms with van der Waals surface area (Å²) < 4.78 is 0. The van der Waals surface area contributed by atoms with E-state index in [-0.39, 0.29) is 12.3 Å². The summed E-state index contributed by atoms with van der Waals surface area (Å²) in [5.41, 5.74) is 7.89. The minimum atomic E-state index is -0.987. The van der Waals surface area contributed by atoms with E-state index in [1.165, 1.54) is 11.2 Å². The first-order valence-electron chi connectivity index (χ1n) is 11.7. The van der Waals surface area contributed by atoms with Crippen molar-refractivity contribution in [3.05, 3.63) is 72.7 Å². The van der Waals surface area contributed by atoms with Crippen LogP contribution in [0.2, 0.25) is 0 Å². The SMILES string of the molecule is CCC[C@@H](NC(=O)N1C(=O)[C@H](Cc2ccnc(N)c2)[C@H]1C(=O)N(C)c1ccncc1)c1cncnc1. The number of nitrogen functional groups attached to an aromatic ring is 1. The predicted molar refractivity (Wildman–Crippen MR) is 132 cm³/mol. The van der Waals surface area contributed by atoms with Crippen LogP contribution in [-0.2, 0) is 16.0 Å². The molecule has 4 rings (SSSR count). The number of aromatic nitrogens is 4. The lowest BCUT2D eigenvalue weighted by atomic mass is 9.81. The minimum absolute atomic E-state index is 0.251. The van der Waals surface area contributed by atoms with Crippen molar-refractivity contribution in [3.8, 4) is 0 Å². The Morgan fingerprint density at radius 2 is 1.86 bits per heavy atom. The van der Waals surface area contributed by atoms with Gasteiger partial charge in [0.25, 0.3) is 5.91 Å². The molecule has 1 aliphatic heterocycles. The number of carbonyl (C=O) groups is 3. The lowest BCUT2D eigenvalue weighted by molar-refractivity contribution is -0.156. The van der Waals surface area contributed by atoms with Gasteiger partial charge >= 0.3 is 6.03 Å². The number of nitrogens with two attached hydrogens (primary N) is 1. The summed E-state index contributed by atoms with van der Waals surface area (Å²) in [7, 11) is 1.61. The molecule has 3 N–H and O–H groups in total. The van der Waals surface area contributed by atoms with Gasteiger partial charge in [-0.2, -0.15) is 0 Å². The van der Waals surface area contributed by atoms with Crippen LogP contribution >= 0.6 is 0 Å². The van der Waals surface area contributed by atoms with Crippen LogP contribution in [0.4, 0.5) is 16.3 Å². The van der Waals surface area contributed by atoms with Crippen molar-refractivity contribution in [2.24, 2.45) is 5.92 Å². The molecule has 4 amide bonds. The topological polar surface area (TPSA) is 147 Å². The number of anilines is 2. The van der Waals surface area contributed by atoms with Crippen LogP contribution in [0.25, 0.3) is 0 Å². The number of urea groups is 1. The highest BCUT2D eigenvalue weighted by Gasteiger charge is 2.55. The molecule has 0 spiro atoms. The van der Waals surface area contributed by atoms with Gasteiger partial charge in [0, 0.05) is 49.3 Å². The van der Waals surface area contributed by atoms with E-state index in [1.54, 1.807) is 62.3 Å². The van der Waals surface area contributed by atoms with Crippen LogP contribution in [0.5, 0.6) is 0 Å². The van der Waals surface area contributed by atoms with Gasteiger partial charge in [-0.3, -0.25) is 19.5 Å². The summed E-state index contributed by atoms with van der Waals surface area (Å²) in [5.74, 6) is -1.21. The molecule has 3 atom stereocenters. The lowest BCUT2D eigenvalue weighted by Crippen LogP contribution is -2.70. The van der Waals surface area contributed by atoms with Gasteiger partial charge < -0.3 is 16.0 Å². The largest absolute Gasteiger partial charge is 0.384 e. The van der Waals surface area contributed by atoms with Crippen LogP contribution in [0.3, 0.4) is 0 Å². The Kier molecular flexibility index (Phi) is 7.47. The Hall–Kier alpha value is -4.41. The Morgan fingerprint density at radius 3 is 2.53 bits per heavy atom. The first kappa shape index (κ1) is 24.7. The second kappa shape index (κ2) is 10.9. The molecule has 11 nitrogen and oxygen atoms in total. The second-order valence-electron chi connectivity index (χ2n) is 8.62. The zero-order chi connectivity index (χ0) is 25.7. The maximum Gasteiger partial charge on any atom is 0.325 e. The van der Waals surface area contributed by atoms with Crippen LogP contribution < -0.4 is 16.0 Å². The van der Waals surface area contributed by atoms with Crippen molar-refractivity contribution in [1.29, 1.82) is 0 Å². The molecule has 1 saturated heterocycles. The van der Waals surface area contributed by atoms with Crippen LogP contribution in [0.1, 0.15) is 36.9 Å². The van der Waals surface area contributed by atoms with Crippen LogP contribution in [0.15, 0.2) is 61.6 Å². The highest BCUT2D eigenvalue weighted by molar-refractivity contribution is 6.12. The normalized spacial score (nSPS) is 17.7. The molecule has 11 heteroatoms. The van der Waals surface area contributed by atoms with Gasteiger partial charge in [0.2, 0.25) is 5.91 Å². The van der Waals surface area contributed by atoms with E-state index >= 15 is 0 Å². The van der Waals surface area contributed by atoms with Crippen LogP contribution in [-0.4, -0.2) is 55.8 Å². The quantitative estimate of drug-likeness (QED) is 0.458. The van der Waals surface area contributed by atoms with E-state index in [4.69, 9.17) is 5.73 Å². The molecule has 0 aliphatic carbocycles. The third-order valence-corrected chi connectivity index (χ3v) is 6.23. The van der Waals surface area contributed by atoms with Gasteiger partial charge in [-0.25, -0.2) is 19.7 Å². The van der Waals surface area contributed by atoms with E-state index in [2.05, 4.69) is 25.3 Å². The fourth-order valence-corrected chi connectivity index (χ4v) is 4.35. The second-order valence-corrected chi connectivity index (χ2v) is 8.62. The molecule has 3 aromatic heterocycles. The minimum Gasteiger partial charge on any atom is -0.384 e. The molecule has 3 aromatic rings. The van der Waals surface area contributed by atoms with Crippen molar-refractivity contribution < 1.29 is 14.4 Å². The first-order valence-corrected chi connectivity index (χ1v) is 11.7. The van der Waals surface area contributed by atoms with Crippen molar-refractivity contribution in [1.82, 2.24) is 30.2 Å². The number of likely N-dealkylation sites (tertiary alicyclic amines) is 1. The van der Waals surface area contributed by atoms with Crippen molar-refractivity contribution >= 4 is 29.4 Å². The molecule has 36 heavy (non-hydrogen) atoms. The summed E-state index contributed by atoms with van der Waals surface area (Å²) in [6.07, 6.45) is 11.0. The van der Waals surface area contributed by atoms with Crippen molar-refractivity contribution in [2.75, 3.05) is 17.7 Å². The zero-order valence-corrected chi connectivity index (χ0v) is 20.1. The smallest absolute Gasteiger partial charge is 0.325 e. The number of rotatable bonds is 8. The Morgan fingerprint density at radius 1 is 1.14 bits per heavy atom. The molecule has 0 aromatic carbocycles. The number of amides is 4. The molecule has 1 aliphatic rings. The molecule has 0 radical (unpaired) electrons. The Bertz CT molecular complexity index is 1220. The number of β-lactam (4-membered cyclic amide) rings is 1. The molecular weight excluding hydrogens is 460 g/mol. The fraction of sp³-hybridized carbons (Fsp3) is 0.320. The highest BCUT2D eigenvalue weighted by atomic mass is 16.2. The van der Waals surface area contributed by atoms with Crippen LogP contribution in [0, 0.1) is 5.92 Å². The van der Waals surface area contributed by atoms with Gasteiger partial charge in [-0.1, -0.05) is 13.3 Å². The van der Waals surface area contributed by atoms with Gasteiger partial charge in [0.05, 0.1) is 12.0 Å². The summed E-state index contributed by atoms with van der Waals surface area (Å²) in [6, 6.07) is 4.77. The third-order valence-electron chi connectivity index (χ3n) is 6.23. The monoisotopic (exact) mass is 488 g/mol. The van der Waals surface area contributed by atoms with E-state index in [1.807, 2.05) is 6.92 Å². The van der Waals surface area contributed by atoms with E-state index in [9.17, 15) is 14.4 Å². The highest BCUT2D eigenvalue weighted by Crippen LogP contribution is 2.33. The maximum absolute atomic E-state index is 13.6. The Balaban J connectivity index is 1.60. The molecule has 1 fully saturated rings. The zero-order valence-electron chi connectivity index (χ0n) is 20.1. The fourth-order valence-electron chi connectivity index (χ4n) is 4.35. The molecule has 186 valence electrons. The number of pyridine rings is 2. The number of nitrogens with zero attached hydrogens (tertiary/aromatic N) is 6. The number of nitrogens with one attached hydrogen (secondary N) is 1. The number of carbonyl (C=O) groups excluding carboxylic acids is 3. The molecule has 0 unspecified atom stereocenters. The summed E-state index contributed by atoms with van der Waals surface area (Å²) in [4.78, 5) is 58.7. The number of hydrogen-bond acceptors (Lipinski definition) is 8. The summed E-state index contributed by atoms with van der Waals surface area (Å²) in [6.45, 7) is 1.99. The van der Waals surface area contributed by atoms with E-state index < -0.39 is 29.9 Å². The van der Waals surface area contributed by atoms with E-state index in [0.29, 0.717) is 17.9 Å². The molecule has 0 bridgehead atoms. The number of imide groups is 1. The standard InChI is InChI=1S/C25H28N8O3/c1-3-4-20(17-13-28-15-29-14-17)31-25(36)33-22(24(35)32(2)18-6-8-27-9-7-18)19(23(33)34)11-16-5-10-30-21(26)12-16/h5-10,12-15,19-20,22H,3-4,11H2,1-2H3,(H2,26,30)(H,31,36)/t19-,20-,22+/m1/s1. The average molecular weight is 489 g/mol. The van der Waals surface area contributed by atoms with E-state index in [0.717, 1.165) is 22.4 Å². The van der Waals surface area contributed by atoms with Gasteiger partial charge in [-0.15, -0.1) is 0 Å². The van der Waals surface area contributed by atoms with Gasteiger partial charge in [0.15, 0.2) is 0 Å². The van der Waals surface area contributed by atoms with Crippen molar-refractivity contribution in [3.63, 3.8) is 0 Å². The van der Waals surface area contributed by atoms with Gasteiger partial charge in [0.1, 0.15) is 18.2 Å². The maximum atomic E-state index is 13.6. The Labute approximate surface area is 208 Å². The molecular formula is C25H28N8O3. The van der Waals surface area contributed by atoms with Crippen molar-refractivity contribution in [2.45, 2.75) is 38.3 Å². The number of hydrogen-bond donors (Lipinski definition) is 2. The third kappa shape index (κ3) is 5.14. The molecule has 4 heterocycles.